The number of alkyl halides is 3. The maximum atomic E-state index is 13.4. The molecule has 1 aromatic heterocycles. The van der Waals surface area contributed by atoms with Crippen molar-refractivity contribution in [2.24, 2.45) is 10.9 Å². The molecule has 0 saturated heterocycles. The van der Waals surface area contributed by atoms with Gasteiger partial charge in [0.1, 0.15) is 6.54 Å². The van der Waals surface area contributed by atoms with E-state index in [1.54, 1.807) is 24.3 Å². The van der Waals surface area contributed by atoms with Crippen molar-refractivity contribution in [3.8, 4) is 11.3 Å². The molecule has 11 heteroatoms. The summed E-state index contributed by atoms with van der Waals surface area (Å²) in [5.41, 5.74) is 1.49. The fourth-order valence-electron chi connectivity index (χ4n) is 3.57. The number of carboxylic acid groups (broad SMARTS) is 1. The minimum absolute atomic E-state index is 0.0853. The average molecular weight is 608 g/mol. The number of nitrogens with one attached hydrogen (secondary N) is 1. The smallest absolute Gasteiger partial charge is 0.418 e. The van der Waals surface area contributed by atoms with Crippen molar-refractivity contribution in [2.75, 3.05) is 6.54 Å². The van der Waals surface area contributed by atoms with Crippen molar-refractivity contribution < 1.29 is 27.9 Å². The van der Waals surface area contributed by atoms with Gasteiger partial charge in [0.2, 0.25) is 0 Å². The van der Waals surface area contributed by atoms with E-state index in [0.29, 0.717) is 16.8 Å². The lowest BCUT2D eigenvalue weighted by atomic mass is 9.95. The first kappa shape index (κ1) is 33.5. The minimum Gasteiger partial charge on any atom is -0.480 e. The molecule has 6 nitrogen and oxygen atoms in total. The molecule has 0 atom stereocenters. The number of benzene rings is 2. The summed E-state index contributed by atoms with van der Waals surface area (Å²) < 4.78 is 40.2. The zero-order chi connectivity index (χ0) is 30.9. The molecular formula is C30H30Cl2F3N3O3. The van der Waals surface area contributed by atoms with Crippen LogP contribution in [-0.2, 0) is 11.0 Å². The Morgan fingerprint density at radius 2 is 1.71 bits per heavy atom. The van der Waals surface area contributed by atoms with Crippen molar-refractivity contribution in [1.82, 2.24) is 10.3 Å². The van der Waals surface area contributed by atoms with Crippen LogP contribution in [0.2, 0.25) is 10.0 Å². The Labute approximate surface area is 246 Å². The predicted molar refractivity (Wildman–Crippen MR) is 158 cm³/mol. The van der Waals surface area contributed by atoms with Gasteiger partial charge in [-0.1, -0.05) is 73.8 Å². The number of aliphatic carboxylic acids is 1. The van der Waals surface area contributed by atoms with E-state index in [9.17, 15) is 22.8 Å². The highest BCUT2D eigenvalue weighted by Crippen LogP contribution is 2.42. The third-order valence-corrected chi connectivity index (χ3v) is 6.58. The summed E-state index contributed by atoms with van der Waals surface area (Å²) in [5.74, 6) is -0.653. The van der Waals surface area contributed by atoms with E-state index in [0.717, 1.165) is 11.5 Å². The van der Waals surface area contributed by atoms with Gasteiger partial charge in [0.15, 0.2) is 0 Å². The van der Waals surface area contributed by atoms with Gasteiger partial charge < -0.3 is 10.4 Å². The monoisotopic (exact) mass is 607 g/mol. The molecule has 2 N–H and O–H groups in total. The third-order valence-electron chi connectivity index (χ3n) is 5.95. The number of nitrogens with zero attached hydrogens (tertiary/aromatic N) is 2. The summed E-state index contributed by atoms with van der Waals surface area (Å²) in [4.78, 5) is 29.5. The van der Waals surface area contributed by atoms with Gasteiger partial charge in [-0.25, -0.2) is 0 Å². The second-order valence-electron chi connectivity index (χ2n) is 9.26. The molecule has 3 aromatic rings. The standard InChI is InChI=1S/C17H15F3N2.C9H7Cl2NO3.C4H8/c1-5-12-10(2)6-7-13(15(12)21-4)16-14(17(18,19)20)11(3)8-9-22-16;10-5-2-1-3-6(11)8(5)9(15)12-4-7(13)14;1-4-2-3-4/h5-9H,1,4H2,2-3H3;1-3H,4H2,(H,12,15)(H,13,14);4H,2-3H2,1H3. The van der Waals surface area contributed by atoms with Gasteiger partial charge >= 0.3 is 12.1 Å². The number of amides is 1. The first-order valence-corrected chi connectivity index (χ1v) is 13.2. The molecule has 218 valence electrons. The number of hydrogen-bond acceptors (Lipinski definition) is 4. The van der Waals surface area contributed by atoms with E-state index in [2.05, 4.69) is 35.5 Å². The largest absolute Gasteiger partial charge is 0.480 e. The number of hydrogen-bond donors (Lipinski definition) is 2. The molecule has 41 heavy (non-hydrogen) atoms. The number of aromatic nitrogens is 1. The van der Waals surface area contributed by atoms with Gasteiger partial charge in [0, 0.05) is 17.3 Å². The van der Waals surface area contributed by atoms with Crippen LogP contribution in [0.15, 0.2) is 54.2 Å². The maximum absolute atomic E-state index is 13.4. The van der Waals surface area contributed by atoms with Crippen LogP contribution >= 0.6 is 23.2 Å². The summed E-state index contributed by atoms with van der Waals surface area (Å²) in [7, 11) is 0. The van der Waals surface area contributed by atoms with Gasteiger partial charge in [-0.2, -0.15) is 13.2 Å². The normalized spacial score (nSPS) is 12.2. The van der Waals surface area contributed by atoms with Gasteiger partial charge in [-0.15, -0.1) is 0 Å². The molecule has 0 spiro atoms. The molecule has 4 rings (SSSR count). The molecule has 1 aliphatic rings. The first-order valence-electron chi connectivity index (χ1n) is 12.4. The Morgan fingerprint density at radius 3 is 2.17 bits per heavy atom. The Balaban J connectivity index is 0.000000265. The van der Waals surface area contributed by atoms with Gasteiger partial charge in [0.05, 0.1) is 32.6 Å². The number of carbonyl (C=O) groups excluding carboxylic acids is 1. The fourth-order valence-corrected chi connectivity index (χ4v) is 4.14. The summed E-state index contributed by atoms with van der Waals surface area (Å²) in [6.07, 6.45) is 1.40. The molecule has 1 amide bonds. The highest BCUT2D eigenvalue weighted by Gasteiger charge is 2.37. The zero-order valence-electron chi connectivity index (χ0n) is 22.8. The van der Waals surface area contributed by atoms with Crippen molar-refractivity contribution in [3.05, 3.63) is 87.0 Å². The molecular weight excluding hydrogens is 578 g/mol. The summed E-state index contributed by atoms with van der Waals surface area (Å²) in [6, 6.07) is 9.26. The average Bonchev–Trinajstić information content (AvgIpc) is 3.68. The van der Waals surface area contributed by atoms with E-state index in [4.69, 9.17) is 28.3 Å². The Hall–Kier alpha value is -3.69. The molecule has 2 aromatic carbocycles. The van der Waals surface area contributed by atoms with Crippen LogP contribution in [0, 0.1) is 19.8 Å². The zero-order valence-corrected chi connectivity index (χ0v) is 24.3. The molecule has 1 heterocycles. The number of rotatable bonds is 6. The lowest BCUT2D eigenvalue weighted by Crippen LogP contribution is -2.29. The quantitative estimate of drug-likeness (QED) is 0.274. The van der Waals surface area contributed by atoms with Gasteiger partial charge in [-0.05, 0) is 55.8 Å². The van der Waals surface area contributed by atoms with E-state index >= 15 is 0 Å². The van der Waals surface area contributed by atoms with Crippen molar-refractivity contribution >= 4 is 53.6 Å². The van der Waals surface area contributed by atoms with Crippen LogP contribution in [0.3, 0.4) is 0 Å². The van der Waals surface area contributed by atoms with E-state index in [1.807, 2.05) is 6.92 Å². The minimum atomic E-state index is -4.49. The van der Waals surface area contributed by atoms with Crippen molar-refractivity contribution in [2.45, 2.75) is 39.8 Å². The Bertz CT molecular complexity index is 1420. The lowest BCUT2D eigenvalue weighted by molar-refractivity contribution is -0.138. The van der Waals surface area contributed by atoms with Crippen LogP contribution in [-0.4, -0.2) is 35.2 Å². The van der Waals surface area contributed by atoms with Crippen LogP contribution in [0.25, 0.3) is 17.3 Å². The molecule has 0 unspecified atom stereocenters. The number of carboxylic acids is 1. The Morgan fingerprint density at radius 1 is 1.12 bits per heavy atom. The predicted octanol–water partition coefficient (Wildman–Crippen LogP) is 8.58. The first-order chi connectivity index (χ1) is 19.2. The third kappa shape index (κ3) is 9.43. The fraction of sp³-hybridized carbons (Fsp3) is 0.267. The number of pyridine rings is 1. The Kier molecular flexibility index (Phi) is 12.1. The van der Waals surface area contributed by atoms with Crippen LogP contribution in [0.1, 0.15) is 52.4 Å². The molecule has 1 fully saturated rings. The van der Waals surface area contributed by atoms with Crippen LogP contribution in [0.4, 0.5) is 18.9 Å². The van der Waals surface area contributed by atoms with E-state index in [1.165, 1.54) is 44.2 Å². The number of aliphatic imine (C=N–C) groups is 1. The highest BCUT2D eigenvalue weighted by molar-refractivity contribution is 6.39. The van der Waals surface area contributed by atoms with Crippen LogP contribution < -0.4 is 5.32 Å². The second kappa shape index (κ2) is 14.8. The van der Waals surface area contributed by atoms with E-state index in [-0.39, 0.29) is 26.9 Å². The molecule has 0 bridgehead atoms. The molecule has 0 aliphatic heterocycles. The van der Waals surface area contributed by atoms with Crippen LogP contribution in [0.5, 0.6) is 0 Å². The number of aryl methyl sites for hydroxylation is 2. The lowest BCUT2D eigenvalue weighted by Gasteiger charge is -2.17. The van der Waals surface area contributed by atoms with Crippen molar-refractivity contribution in [3.63, 3.8) is 0 Å². The molecule has 1 aliphatic carbocycles. The number of carbonyl (C=O) groups is 2. The number of halogens is 5. The van der Waals surface area contributed by atoms with E-state index < -0.39 is 30.2 Å². The summed E-state index contributed by atoms with van der Waals surface area (Å²) in [5, 5.41) is 10.9. The van der Waals surface area contributed by atoms with Gasteiger partial charge in [-0.3, -0.25) is 19.6 Å². The topological polar surface area (TPSA) is 91.7 Å². The SMILES string of the molecule is C=Cc1c(C)ccc(-c2nccc(C)c2C(F)(F)F)c1N=C.CC1CC1.O=C(O)CNC(=O)c1c(Cl)cccc1Cl. The second-order valence-corrected chi connectivity index (χ2v) is 10.1. The summed E-state index contributed by atoms with van der Waals surface area (Å²) in [6.45, 7) is 12.2. The summed E-state index contributed by atoms with van der Waals surface area (Å²) >= 11 is 11.5. The highest BCUT2D eigenvalue weighted by atomic mass is 35.5. The molecule has 0 radical (unpaired) electrons. The van der Waals surface area contributed by atoms with Gasteiger partial charge in [0.25, 0.3) is 5.91 Å². The maximum Gasteiger partial charge on any atom is 0.418 e. The molecule has 1 saturated carbocycles. The van der Waals surface area contributed by atoms with Crippen molar-refractivity contribution in [1.29, 1.82) is 0 Å².